The van der Waals surface area contributed by atoms with Gasteiger partial charge in [-0.15, -0.1) is 14.7 Å². The quantitative estimate of drug-likeness (QED) is 0.762. The van der Waals surface area contributed by atoms with Gasteiger partial charge < -0.3 is 5.11 Å². The maximum atomic E-state index is 10.6. The van der Waals surface area contributed by atoms with Crippen LogP contribution in [0.2, 0.25) is 0 Å². The minimum Gasteiger partial charge on any atom is -0.478 e. The molecule has 0 amide bonds. The van der Waals surface area contributed by atoms with E-state index in [1.165, 1.54) is 0 Å². The molecular formula is C7H3N3O5. The molecule has 0 saturated heterocycles. The van der Waals surface area contributed by atoms with Crippen LogP contribution in [-0.4, -0.2) is 11.1 Å². The van der Waals surface area contributed by atoms with Crippen LogP contribution in [0.1, 0.15) is 10.4 Å². The van der Waals surface area contributed by atoms with Crippen molar-refractivity contribution in [3.05, 3.63) is 32.4 Å². The Morgan fingerprint density at radius 1 is 1.00 bits per heavy atom. The zero-order chi connectivity index (χ0) is 11.4. The van der Waals surface area contributed by atoms with Crippen LogP contribution < -0.4 is 0 Å². The summed E-state index contributed by atoms with van der Waals surface area (Å²) in [7, 11) is 0. The first-order valence-electron chi connectivity index (χ1n) is 3.56. The number of nitrogens with zero attached hydrogens (tertiary/aromatic N) is 3. The molecule has 0 radical (unpaired) electrons. The third-order valence-electron chi connectivity index (χ3n) is 1.64. The maximum absolute atomic E-state index is 10.6. The van der Waals surface area contributed by atoms with Crippen molar-refractivity contribution < 1.29 is 9.90 Å². The van der Waals surface area contributed by atoms with Crippen molar-refractivity contribution in [3.63, 3.8) is 0 Å². The van der Waals surface area contributed by atoms with Gasteiger partial charge in [0.1, 0.15) is 5.69 Å². The van der Waals surface area contributed by atoms with Gasteiger partial charge in [-0.2, -0.15) is 0 Å². The summed E-state index contributed by atoms with van der Waals surface area (Å²) in [5, 5.41) is 15.7. The summed E-state index contributed by atoms with van der Waals surface area (Å²) in [5.74, 6) is -1.45. The van der Waals surface area contributed by atoms with E-state index < -0.39 is 28.6 Å². The van der Waals surface area contributed by atoms with E-state index in [9.17, 15) is 19.5 Å². The van der Waals surface area contributed by atoms with Crippen molar-refractivity contribution in [2.24, 2.45) is 15.5 Å². The number of hydrogen-bond acceptors (Lipinski definition) is 7. The molecule has 1 rings (SSSR count). The monoisotopic (exact) mass is 209 g/mol. The average molecular weight is 209 g/mol. The molecule has 0 atom stereocenters. The molecule has 1 aromatic rings. The molecule has 0 spiro atoms. The molecule has 0 aliphatic rings. The summed E-state index contributed by atoms with van der Waals surface area (Å²) in [4.78, 5) is 41.4. The van der Waals surface area contributed by atoms with Crippen LogP contribution in [0.25, 0.3) is 0 Å². The van der Waals surface area contributed by atoms with Crippen molar-refractivity contribution in [1.82, 2.24) is 0 Å². The van der Waals surface area contributed by atoms with E-state index in [1.54, 1.807) is 0 Å². The molecule has 0 saturated carbocycles. The maximum Gasteiger partial charge on any atom is 0.338 e. The standard InChI is InChI=1S/C7H3N3O5/c11-7(12)3-1-2-4(8-13)6(10-15)5(3)9-14/h1-2H,(H,11,12). The number of carboxylic acids is 1. The van der Waals surface area contributed by atoms with Crippen LogP contribution in [0.5, 0.6) is 0 Å². The first kappa shape index (κ1) is 10.6. The largest absolute Gasteiger partial charge is 0.478 e. The molecular weight excluding hydrogens is 206 g/mol. The van der Waals surface area contributed by atoms with Crippen molar-refractivity contribution in [3.8, 4) is 0 Å². The number of rotatable bonds is 4. The molecule has 0 aliphatic carbocycles. The molecule has 76 valence electrons. The molecule has 1 aromatic carbocycles. The fourth-order valence-electron chi connectivity index (χ4n) is 0.998. The molecule has 0 aliphatic heterocycles. The normalized spacial score (nSPS) is 9.33. The number of hydrogen-bond donors (Lipinski definition) is 1. The van der Waals surface area contributed by atoms with Crippen molar-refractivity contribution in [2.75, 3.05) is 0 Å². The molecule has 8 nitrogen and oxygen atoms in total. The van der Waals surface area contributed by atoms with Gasteiger partial charge in [0, 0.05) is 0 Å². The highest BCUT2D eigenvalue weighted by atomic mass is 16.4. The minimum atomic E-state index is -1.45. The second-order valence-electron chi connectivity index (χ2n) is 2.41. The van der Waals surface area contributed by atoms with Crippen molar-refractivity contribution >= 4 is 23.0 Å². The van der Waals surface area contributed by atoms with Gasteiger partial charge >= 0.3 is 5.97 Å². The Kier molecular flexibility index (Phi) is 2.91. The van der Waals surface area contributed by atoms with E-state index in [0.29, 0.717) is 0 Å². The van der Waals surface area contributed by atoms with Gasteiger partial charge in [0.2, 0.25) is 0 Å². The Hall–Kier alpha value is -2.51. The third-order valence-corrected chi connectivity index (χ3v) is 1.64. The zero-order valence-electron chi connectivity index (χ0n) is 7.08. The van der Waals surface area contributed by atoms with Crippen molar-refractivity contribution in [1.29, 1.82) is 0 Å². The lowest BCUT2D eigenvalue weighted by atomic mass is 10.1. The van der Waals surface area contributed by atoms with E-state index in [4.69, 9.17) is 5.11 Å². The van der Waals surface area contributed by atoms with E-state index in [0.717, 1.165) is 12.1 Å². The number of nitroso groups, excluding NO2 is 3. The van der Waals surface area contributed by atoms with Crippen LogP contribution in [0.3, 0.4) is 0 Å². The Morgan fingerprint density at radius 3 is 2.00 bits per heavy atom. The topological polar surface area (TPSA) is 126 Å². The lowest BCUT2D eigenvalue weighted by molar-refractivity contribution is 0.0698. The first-order valence-corrected chi connectivity index (χ1v) is 3.56. The van der Waals surface area contributed by atoms with Gasteiger partial charge in [-0.3, -0.25) is 0 Å². The molecule has 0 bridgehead atoms. The zero-order valence-corrected chi connectivity index (χ0v) is 7.08. The van der Waals surface area contributed by atoms with Gasteiger partial charge in [0.05, 0.1) is 5.56 Å². The van der Waals surface area contributed by atoms with Gasteiger partial charge in [-0.25, -0.2) is 4.79 Å². The molecule has 15 heavy (non-hydrogen) atoms. The van der Waals surface area contributed by atoms with Crippen LogP contribution in [0.15, 0.2) is 27.7 Å². The smallest absolute Gasteiger partial charge is 0.338 e. The fraction of sp³-hybridized carbons (Fsp3) is 0. The Bertz CT molecular complexity index is 456. The molecule has 8 heteroatoms. The molecule has 1 N–H and O–H groups in total. The van der Waals surface area contributed by atoms with E-state index in [2.05, 4.69) is 15.5 Å². The third kappa shape index (κ3) is 1.73. The summed E-state index contributed by atoms with van der Waals surface area (Å²) in [6.45, 7) is 0. The fourth-order valence-corrected chi connectivity index (χ4v) is 0.998. The predicted molar refractivity (Wildman–Crippen MR) is 49.8 cm³/mol. The second kappa shape index (κ2) is 4.13. The van der Waals surface area contributed by atoms with Crippen LogP contribution in [0, 0.1) is 14.7 Å². The number of carbonyl (C=O) groups is 1. The Labute approximate surface area is 81.8 Å². The van der Waals surface area contributed by atoms with Crippen LogP contribution in [-0.2, 0) is 0 Å². The lowest BCUT2D eigenvalue weighted by Crippen LogP contribution is -1.96. The van der Waals surface area contributed by atoms with Gasteiger partial charge in [0.25, 0.3) is 0 Å². The number of benzene rings is 1. The van der Waals surface area contributed by atoms with E-state index in [1.807, 2.05) is 0 Å². The van der Waals surface area contributed by atoms with E-state index >= 15 is 0 Å². The molecule has 0 heterocycles. The number of aromatic carboxylic acids is 1. The highest BCUT2D eigenvalue weighted by molar-refractivity contribution is 5.98. The lowest BCUT2D eigenvalue weighted by Gasteiger charge is -2.00. The van der Waals surface area contributed by atoms with Gasteiger partial charge in [-0.05, 0) is 27.7 Å². The molecule has 0 aromatic heterocycles. The van der Waals surface area contributed by atoms with Gasteiger partial charge in [0.15, 0.2) is 11.4 Å². The highest BCUT2D eigenvalue weighted by Crippen LogP contribution is 2.39. The summed E-state index contributed by atoms with van der Waals surface area (Å²) < 4.78 is 0. The summed E-state index contributed by atoms with van der Waals surface area (Å²) >= 11 is 0. The summed E-state index contributed by atoms with van der Waals surface area (Å²) in [5.41, 5.74) is -2.30. The summed E-state index contributed by atoms with van der Waals surface area (Å²) in [6, 6.07) is 1.92. The van der Waals surface area contributed by atoms with Crippen LogP contribution in [0.4, 0.5) is 17.1 Å². The predicted octanol–water partition coefficient (Wildman–Crippen LogP) is 2.58. The SMILES string of the molecule is O=Nc1ccc(C(=O)O)c(N=O)c1N=O. The average Bonchev–Trinajstić information content (AvgIpc) is 2.26. The van der Waals surface area contributed by atoms with Crippen LogP contribution >= 0.6 is 0 Å². The highest BCUT2D eigenvalue weighted by Gasteiger charge is 2.19. The first-order chi connectivity index (χ1) is 7.15. The summed E-state index contributed by atoms with van der Waals surface area (Å²) in [6.07, 6.45) is 0. The molecule has 0 fully saturated rings. The Balaban J connectivity index is 3.61. The van der Waals surface area contributed by atoms with Gasteiger partial charge in [-0.1, -0.05) is 0 Å². The van der Waals surface area contributed by atoms with Crippen molar-refractivity contribution in [2.45, 2.75) is 0 Å². The molecule has 0 unspecified atom stereocenters. The second-order valence-corrected chi connectivity index (χ2v) is 2.41. The number of carboxylic acid groups (broad SMARTS) is 1. The minimum absolute atomic E-state index is 0.426. The Morgan fingerprint density at radius 2 is 1.60 bits per heavy atom. The van der Waals surface area contributed by atoms with E-state index in [-0.39, 0.29) is 0 Å².